The van der Waals surface area contributed by atoms with Crippen molar-refractivity contribution in [3.8, 4) is 0 Å². The highest BCUT2D eigenvalue weighted by Crippen LogP contribution is 2.20. The van der Waals surface area contributed by atoms with E-state index in [9.17, 15) is 4.39 Å². The fraction of sp³-hybridized carbons (Fsp3) is 0.538. The molecule has 1 aromatic rings. The fourth-order valence-corrected chi connectivity index (χ4v) is 2.18. The molecule has 0 aliphatic carbocycles. The molecule has 0 spiro atoms. The van der Waals surface area contributed by atoms with Crippen LogP contribution in [0.25, 0.3) is 0 Å². The summed E-state index contributed by atoms with van der Waals surface area (Å²) in [5, 5.41) is 3.46. The third-order valence-electron chi connectivity index (χ3n) is 2.83. The first-order valence-electron chi connectivity index (χ1n) is 5.72. The zero-order valence-electron chi connectivity index (χ0n) is 10.1. The highest BCUT2D eigenvalue weighted by Gasteiger charge is 2.11. The summed E-state index contributed by atoms with van der Waals surface area (Å²) >= 11 is 3.27. The zero-order chi connectivity index (χ0) is 12.1. The van der Waals surface area contributed by atoms with Crippen LogP contribution in [-0.2, 0) is 6.54 Å². The Bertz CT molecular complexity index is 339. The highest BCUT2D eigenvalue weighted by atomic mass is 79.9. The number of halogens is 2. The summed E-state index contributed by atoms with van der Waals surface area (Å²) in [6.45, 7) is 7.26. The Hall–Kier alpha value is -0.410. The summed E-state index contributed by atoms with van der Waals surface area (Å²) in [6.07, 6.45) is 1.09. The van der Waals surface area contributed by atoms with Gasteiger partial charge in [0, 0.05) is 12.6 Å². The predicted octanol–water partition coefficient (Wildman–Crippen LogP) is 4.11. The highest BCUT2D eigenvalue weighted by molar-refractivity contribution is 9.10. The van der Waals surface area contributed by atoms with Gasteiger partial charge in [0.15, 0.2) is 0 Å². The van der Waals surface area contributed by atoms with Gasteiger partial charge in [-0.3, -0.25) is 0 Å². The van der Waals surface area contributed by atoms with E-state index in [1.807, 2.05) is 6.07 Å². The molecule has 0 saturated heterocycles. The molecule has 90 valence electrons. The average Bonchev–Trinajstić information content (AvgIpc) is 2.24. The molecule has 1 unspecified atom stereocenters. The molecule has 1 nitrogen and oxygen atoms in total. The van der Waals surface area contributed by atoms with Crippen molar-refractivity contribution in [1.29, 1.82) is 0 Å². The third-order valence-corrected chi connectivity index (χ3v) is 3.72. The maximum absolute atomic E-state index is 13.3. The van der Waals surface area contributed by atoms with Gasteiger partial charge in [-0.1, -0.05) is 32.9 Å². The average molecular weight is 288 g/mol. The number of nitrogens with one attached hydrogen (secondary N) is 1. The van der Waals surface area contributed by atoms with Gasteiger partial charge in [-0.25, -0.2) is 4.39 Å². The van der Waals surface area contributed by atoms with Gasteiger partial charge >= 0.3 is 0 Å². The Balaban J connectivity index is 2.64. The normalized spacial score (nSPS) is 13.1. The largest absolute Gasteiger partial charge is 0.310 e. The van der Waals surface area contributed by atoms with Gasteiger partial charge in [-0.05, 0) is 39.9 Å². The summed E-state index contributed by atoms with van der Waals surface area (Å²) < 4.78 is 13.8. The molecule has 0 radical (unpaired) electrons. The van der Waals surface area contributed by atoms with Crippen LogP contribution < -0.4 is 5.32 Å². The van der Waals surface area contributed by atoms with E-state index in [2.05, 4.69) is 42.0 Å². The van der Waals surface area contributed by atoms with Gasteiger partial charge in [0.2, 0.25) is 0 Å². The van der Waals surface area contributed by atoms with E-state index in [0.29, 0.717) is 23.0 Å². The zero-order valence-corrected chi connectivity index (χ0v) is 11.6. The lowest BCUT2D eigenvalue weighted by atomic mass is 10.0. The molecule has 16 heavy (non-hydrogen) atoms. The van der Waals surface area contributed by atoms with Gasteiger partial charge in [-0.2, -0.15) is 0 Å². The van der Waals surface area contributed by atoms with Crippen LogP contribution in [0.1, 0.15) is 32.8 Å². The Kier molecular flexibility index (Phi) is 5.42. The Morgan fingerprint density at radius 3 is 2.62 bits per heavy atom. The number of benzene rings is 1. The molecule has 1 N–H and O–H groups in total. The summed E-state index contributed by atoms with van der Waals surface area (Å²) in [5.74, 6) is 0.397. The molecule has 0 aliphatic rings. The van der Waals surface area contributed by atoms with Crippen molar-refractivity contribution in [3.63, 3.8) is 0 Å². The quantitative estimate of drug-likeness (QED) is 0.859. The standard InChI is InChI=1S/C13H19BrFN/c1-4-12(9(2)3)16-8-10-6-5-7-11(15)13(10)14/h5-7,9,12,16H,4,8H2,1-3H3. The molecule has 0 amide bonds. The van der Waals surface area contributed by atoms with Crippen molar-refractivity contribution in [2.75, 3.05) is 0 Å². The second kappa shape index (κ2) is 6.36. The van der Waals surface area contributed by atoms with Gasteiger partial charge in [-0.15, -0.1) is 0 Å². The first kappa shape index (κ1) is 13.7. The van der Waals surface area contributed by atoms with E-state index in [1.54, 1.807) is 6.07 Å². The third kappa shape index (κ3) is 3.56. The second-order valence-electron chi connectivity index (χ2n) is 4.35. The van der Waals surface area contributed by atoms with Crippen LogP contribution in [0.2, 0.25) is 0 Å². The van der Waals surface area contributed by atoms with E-state index in [4.69, 9.17) is 0 Å². The van der Waals surface area contributed by atoms with Crippen molar-refractivity contribution >= 4 is 15.9 Å². The van der Waals surface area contributed by atoms with Crippen LogP contribution in [0, 0.1) is 11.7 Å². The Morgan fingerprint density at radius 2 is 2.06 bits per heavy atom. The molecule has 0 aliphatic heterocycles. The van der Waals surface area contributed by atoms with Gasteiger partial charge < -0.3 is 5.32 Å². The Morgan fingerprint density at radius 1 is 1.38 bits per heavy atom. The minimum atomic E-state index is -0.197. The molecule has 0 aromatic heterocycles. The van der Waals surface area contributed by atoms with Gasteiger partial charge in [0.1, 0.15) is 5.82 Å². The van der Waals surface area contributed by atoms with Crippen LogP contribution in [0.15, 0.2) is 22.7 Å². The van der Waals surface area contributed by atoms with E-state index in [-0.39, 0.29) is 5.82 Å². The SMILES string of the molecule is CCC(NCc1cccc(F)c1Br)C(C)C. The second-order valence-corrected chi connectivity index (χ2v) is 5.15. The van der Waals surface area contributed by atoms with Crippen LogP contribution in [0.4, 0.5) is 4.39 Å². The van der Waals surface area contributed by atoms with Crippen LogP contribution in [0.5, 0.6) is 0 Å². The van der Waals surface area contributed by atoms with Gasteiger partial charge in [0.25, 0.3) is 0 Å². The number of hydrogen-bond acceptors (Lipinski definition) is 1. The molecular weight excluding hydrogens is 269 g/mol. The molecular formula is C13H19BrFN. The molecule has 1 rings (SSSR count). The van der Waals surface area contributed by atoms with Crippen LogP contribution in [0.3, 0.4) is 0 Å². The molecule has 1 aromatic carbocycles. The maximum Gasteiger partial charge on any atom is 0.137 e. The molecule has 0 bridgehead atoms. The molecule has 0 saturated carbocycles. The van der Waals surface area contributed by atoms with E-state index < -0.39 is 0 Å². The van der Waals surface area contributed by atoms with Gasteiger partial charge in [0.05, 0.1) is 4.47 Å². The van der Waals surface area contributed by atoms with Crippen molar-refractivity contribution in [2.24, 2.45) is 5.92 Å². The molecule has 3 heteroatoms. The van der Waals surface area contributed by atoms with E-state index in [1.165, 1.54) is 6.07 Å². The van der Waals surface area contributed by atoms with E-state index >= 15 is 0 Å². The molecule has 1 atom stereocenters. The number of hydrogen-bond donors (Lipinski definition) is 1. The summed E-state index contributed by atoms with van der Waals surface area (Å²) in [5.41, 5.74) is 0.971. The minimum absolute atomic E-state index is 0.197. The summed E-state index contributed by atoms with van der Waals surface area (Å²) in [6, 6.07) is 5.63. The summed E-state index contributed by atoms with van der Waals surface area (Å²) in [4.78, 5) is 0. The number of rotatable bonds is 5. The Labute approximate surface area is 106 Å². The molecule has 0 fully saturated rings. The lowest BCUT2D eigenvalue weighted by Crippen LogP contribution is -2.32. The monoisotopic (exact) mass is 287 g/mol. The van der Waals surface area contributed by atoms with Crippen molar-refractivity contribution in [3.05, 3.63) is 34.1 Å². The topological polar surface area (TPSA) is 12.0 Å². The molecule has 0 heterocycles. The van der Waals surface area contributed by atoms with E-state index in [0.717, 1.165) is 12.0 Å². The smallest absolute Gasteiger partial charge is 0.137 e. The minimum Gasteiger partial charge on any atom is -0.310 e. The van der Waals surface area contributed by atoms with Crippen LogP contribution in [-0.4, -0.2) is 6.04 Å². The first-order valence-corrected chi connectivity index (χ1v) is 6.51. The van der Waals surface area contributed by atoms with Crippen LogP contribution >= 0.6 is 15.9 Å². The lowest BCUT2D eigenvalue weighted by molar-refractivity contribution is 0.387. The summed E-state index contributed by atoms with van der Waals surface area (Å²) in [7, 11) is 0. The van der Waals surface area contributed by atoms with Crippen molar-refractivity contribution < 1.29 is 4.39 Å². The maximum atomic E-state index is 13.3. The lowest BCUT2D eigenvalue weighted by Gasteiger charge is -2.21. The predicted molar refractivity (Wildman–Crippen MR) is 69.9 cm³/mol. The van der Waals surface area contributed by atoms with Crippen molar-refractivity contribution in [1.82, 2.24) is 5.32 Å². The van der Waals surface area contributed by atoms with Crippen molar-refractivity contribution in [2.45, 2.75) is 39.8 Å². The fourth-order valence-electron chi connectivity index (χ4n) is 1.78. The first-order chi connectivity index (χ1) is 7.56.